The minimum Gasteiger partial charge on any atom is -0.312 e. The van der Waals surface area contributed by atoms with Crippen LogP contribution in [0.3, 0.4) is 0 Å². The summed E-state index contributed by atoms with van der Waals surface area (Å²) in [5, 5.41) is 8.95. The van der Waals surface area contributed by atoms with Crippen molar-refractivity contribution in [2.45, 2.75) is 19.1 Å². The molecule has 0 aliphatic carbocycles. The van der Waals surface area contributed by atoms with E-state index in [4.69, 9.17) is 5.73 Å². The zero-order chi connectivity index (χ0) is 32.9. The number of nitrogens with zero attached hydrogens (tertiary/aromatic N) is 1. The summed E-state index contributed by atoms with van der Waals surface area (Å²) in [6.45, 7) is 2.17. The molecule has 3 nitrogen and oxygen atoms in total. The molecule has 9 aromatic rings. The zero-order valence-corrected chi connectivity index (χ0v) is 28.0. The maximum atomic E-state index is 7.00. The van der Waals surface area contributed by atoms with E-state index in [0.29, 0.717) is 0 Å². The molecule has 2 heterocycles. The molecule has 0 fully saturated rings. The number of hydrogen-bond donors (Lipinski definition) is 2. The van der Waals surface area contributed by atoms with Gasteiger partial charge in [-0.2, -0.15) is 0 Å². The second kappa shape index (κ2) is 12.2. The second-order valence-electron chi connectivity index (χ2n) is 12.8. The van der Waals surface area contributed by atoms with Gasteiger partial charge in [0.2, 0.25) is 0 Å². The molecule has 0 spiro atoms. The molecule has 0 radical (unpaired) electrons. The van der Waals surface area contributed by atoms with Crippen molar-refractivity contribution in [2.75, 3.05) is 0 Å². The van der Waals surface area contributed by atoms with Crippen molar-refractivity contribution in [3.63, 3.8) is 0 Å². The molecular formula is C45H35N3S. The quantitative estimate of drug-likeness (QED) is 0.169. The fourth-order valence-electron chi connectivity index (χ4n) is 7.41. The number of aryl methyl sites for hydroxylation is 1. The second-order valence-corrected chi connectivity index (χ2v) is 13.9. The van der Waals surface area contributed by atoms with Crippen molar-refractivity contribution in [1.82, 2.24) is 9.88 Å². The lowest BCUT2D eigenvalue weighted by molar-refractivity contribution is 0.497. The molecule has 2 unspecified atom stereocenters. The van der Waals surface area contributed by atoms with Crippen LogP contribution in [0.15, 0.2) is 164 Å². The van der Waals surface area contributed by atoms with Crippen molar-refractivity contribution < 1.29 is 0 Å². The fourth-order valence-corrected chi connectivity index (χ4v) is 8.52. The van der Waals surface area contributed by atoms with E-state index in [1.807, 2.05) is 11.3 Å². The highest BCUT2D eigenvalue weighted by Gasteiger charge is 2.21. The minimum absolute atomic E-state index is 0.0711. The molecule has 4 heteroatoms. The Balaban J connectivity index is 1.10. The van der Waals surface area contributed by atoms with E-state index in [1.54, 1.807) is 0 Å². The predicted octanol–water partition coefficient (Wildman–Crippen LogP) is 11.5. The summed E-state index contributed by atoms with van der Waals surface area (Å²) in [5.74, 6) is 0. The molecular weight excluding hydrogens is 615 g/mol. The van der Waals surface area contributed by atoms with Gasteiger partial charge in [0.25, 0.3) is 0 Å². The number of fused-ring (bicyclic) bond motifs is 7. The molecule has 2 aromatic heterocycles. The Morgan fingerprint density at radius 2 is 1.20 bits per heavy atom. The van der Waals surface area contributed by atoms with Crippen LogP contribution in [0.5, 0.6) is 0 Å². The molecule has 7 aromatic carbocycles. The summed E-state index contributed by atoms with van der Waals surface area (Å²) in [4.78, 5) is 0. The Hall–Kier alpha value is -5.52. The first-order valence-electron chi connectivity index (χ1n) is 16.8. The van der Waals surface area contributed by atoms with Crippen molar-refractivity contribution in [3.8, 4) is 16.8 Å². The Kier molecular flexibility index (Phi) is 7.36. The lowest BCUT2D eigenvalue weighted by Crippen LogP contribution is -2.33. The highest BCUT2D eigenvalue weighted by Crippen LogP contribution is 2.43. The average molecular weight is 650 g/mol. The van der Waals surface area contributed by atoms with E-state index in [0.717, 1.165) is 11.3 Å². The molecule has 0 aliphatic heterocycles. The van der Waals surface area contributed by atoms with Gasteiger partial charge in [-0.15, -0.1) is 11.3 Å². The smallest absolute Gasteiger partial charge is 0.0817 e. The molecule has 49 heavy (non-hydrogen) atoms. The number of rotatable bonds is 7. The van der Waals surface area contributed by atoms with Crippen LogP contribution in [-0.4, -0.2) is 4.57 Å². The van der Waals surface area contributed by atoms with Crippen molar-refractivity contribution >= 4 is 53.3 Å². The van der Waals surface area contributed by atoms with Gasteiger partial charge >= 0.3 is 0 Å². The number of aromatic nitrogens is 1. The van der Waals surface area contributed by atoms with Gasteiger partial charge in [-0.05, 0) is 70.6 Å². The molecule has 236 valence electrons. The third-order valence-electron chi connectivity index (χ3n) is 9.88. The predicted molar refractivity (Wildman–Crippen MR) is 209 cm³/mol. The van der Waals surface area contributed by atoms with Gasteiger partial charge in [-0.1, -0.05) is 133 Å². The van der Waals surface area contributed by atoms with Crippen LogP contribution >= 0.6 is 11.3 Å². The van der Waals surface area contributed by atoms with Crippen LogP contribution in [-0.2, 0) is 0 Å². The van der Waals surface area contributed by atoms with Gasteiger partial charge in [0.05, 0.1) is 23.2 Å². The minimum atomic E-state index is -0.377. The highest BCUT2D eigenvalue weighted by molar-refractivity contribution is 7.26. The Bertz CT molecular complexity index is 2600. The van der Waals surface area contributed by atoms with Crippen LogP contribution in [0.4, 0.5) is 0 Å². The summed E-state index contributed by atoms with van der Waals surface area (Å²) in [6, 6.07) is 58.7. The van der Waals surface area contributed by atoms with E-state index in [-0.39, 0.29) is 12.2 Å². The first-order chi connectivity index (χ1) is 24.1. The third-order valence-corrected chi connectivity index (χ3v) is 11.0. The van der Waals surface area contributed by atoms with Gasteiger partial charge in [0.15, 0.2) is 0 Å². The molecule has 9 rings (SSSR count). The van der Waals surface area contributed by atoms with E-state index in [2.05, 4.69) is 181 Å². The monoisotopic (exact) mass is 649 g/mol. The number of nitrogens with two attached hydrogens (primary N) is 1. The topological polar surface area (TPSA) is 43.0 Å². The molecule has 0 amide bonds. The van der Waals surface area contributed by atoms with Crippen LogP contribution in [0, 0.1) is 6.92 Å². The van der Waals surface area contributed by atoms with Crippen molar-refractivity contribution in [1.29, 1.82) is 0 Å². The number of para-hydroxylation sites is 1. The maximum absolute atomic E-state index is 7.00. The zero-order valence-electron chi connectivity index (χ0n) is 27.2. The normalized spacial score (nSPS) is 13.0. The van der Waals surface area contributed by atoms with Crippen LogP contribution in [0.2, 0.25) is 0 Å². The molecule has 0 aliphatic rings. The average Bonchev–Trinajstić information content (AvgIpc) is 3.70. The largest absolute Gasteiger partial charge is 0.312 e. The van der Waals surface area contributed by atoms with Crippen molar-refractivity contribution in [3.05, 3.63) is 186 Å². The lowest BCUT2D eigenvalue weighted by Gasteiger charge is -2.26. The van der Waals surface area contributed by atoms with Gasteiger partial charge in [-0.3, -0.25) is 5.32 Å². The standard InChI is InChI=1S/C45H35N3S/c1-29-11-5-6-14-35(29)43(32-21-19-31(20-22-32)30-12-3-2-4-13-30)47-45(46)33-23-25-34(26-24-33)48-39-17-9-7-15-36(39)37-27-28-41-42(44(37)48)38-16-8-10-18-40(38)49-41/h2-28,43,45,47H,46H2,1H3. The molecule has 2 atom stereocenters. The first kappa shape index (κ1) is 29.6. The summed E-state index contributed by atoms with van der Waals surface area (Å²) < 4.78 is 5.05. The number of benzene rings is 7. The van der Waals surface area contributed by atoms with Gasteiger partial charge in [0, 0.05) is 36.6 Å². The third kappa shape index (κ3) is 5.13. The molecule has 0 bridgehead atoms. The lowest BCUT2D eigenvalue weighted by atomic mass is 9.93. The Morgan fingerprint density at radius 1 is 0.551 bits per heavy atom. The first-order valence-corrected chi connectivity index (χ1v) is 17.6. The summed E-state index contributed by atoms with van der Waals surface area (Å²) in [7, 11) is 0. The van der Waals surface area contributed by atoms with Crippen LogP contribution in [0.25, 0.3) is 58.8 Å². The van der Waals surface area contributed by atoms with E-state index < -0.39 is 0 Å². The SMILES string of the molecule is Cc1ccccc1C(NC(N)c1ccc(-n2c3ccccc3c3ccc4sc5ccccc5c4c32)cc1)c1ccc(-c2ccccc2)cc1. The number of thiophene rings is 1. The molecule has 3 N–H and O–H groups in total. The number of hydrogen-bond acceptors (Lipinski definition) is 3. The van der Waals surface area contributed by atoms with Gasteiger partial charge in [0.1, 0.15) is 0 Å². The Labute approximate surface area is 289 Å². The van der Waals surface area contributed by atoms with Crippen LogP contribution in [0.1, 0.15) is 34.5 Å². The van der Waals surface area contributed by atoms with E-state index in [1.165, 1.54) is 69.8 Å². The molecule has 0 saturated carbocycles. The summed E-state index contributed by atoms with van der Waals surface area (Å²) >= 11 is 1.86. The van der Waals surface area contributed by atoms with E-state index in [9.17, 15) is 0 Å². The number of nitrogens with one attached hydrogen (secondary N) is 1. The fraction of sp³-hybridized carbons (Fsp3) is 0.0667. The van der Waals surface area contributed by atoms with Crippen molar-refractivity contribution in [2.24, 2.45) is 5.73 Å². The van der Waals surface area contributed by atoms with Crippen LogP contribution < -0.4 is 11.1 Å². The summed E-state index contributed by atoms with van der Waals surface area (Å²) in [5.41, 5.74) is 17.7. The maximum Gasteiger partial charge on any atom is 0.0817 e. The van der Waals surface area contributed by atoms with Gasteiger partial charge < -0.3 is 10.3 Å². The van der Waals surface area contributed by atoms with E-state index >= 15 is 0 Å². The molecule has 0 saturated heterocycles. The summed E-state index contributed by atoms with van der Waals surface area (Å²) in [6.07, 6.45) is -0.377. The highest BCUT2D eigenvalue weighted by atomic mass is 32.1. The van der Waals surface area contributed by atoms with Gasteiger partial charge in [-0.25, -0.2) is 0 Å². The Morgan fingerprint density at radius 3 is 2.00 bits per heavy atom.